The topological polar surface area (TPSA) is 215 Å². The van der Waals surface area contributed by atoms with Crippen LogP contribution in [0.3, 0.4) is 0 Å². The van der Waals surface area contributed by atoms with Crippen LogP contribution >= 0.6 is 31.9 Å². The van der Waals surface area contributed by atoms with Crippen molar-refractivity contribution in [3.05, 3.63) is 89.5 Å². The molecule has 61 heavy (non-hydrogen) atoms. The van der Waals surface area contributed by atoms with Gasteiger partial charge in [-0.15, -0.1) is 0 Å². The van der Waals surface area contributed by atoms with Crippen LogP contribution in [-0.2, 0) is 17.6 Å². The number of carbonyl (C=O) groups excluding carboxylic acids is 1. The summed E-state index contributed by atoms with van der Waals surface area (Å²) in [6.07, 6.45) is 4.97. The first-order chi connectivity index (χ1) is 29.2. The number of rotatable bonds is 8. The van der Waals surface area contributed by atoms with Crippen molar-refractivity contribution in [1.82, 2.24) is 50.3 Å². The number of fused-ring (bicyclic) bond motifs is 4. The highest BCUT2D eigenvalue weighted by atomic mass is 79.9. The molecule has 2 saturated carbocycles. The van der Waals surface area contributed by atoms with E-state index in [1.165, 1.54) is 52.0 Å². The fraction of sp³-hybridized carbons (Fsp3) is 0.462. The van der Waals surface area contributed by atoms with Gasteiger partial charge >= 0.3 is 17.6 Å². The Kier molecular flexibility index (Phi) is 10.9. The molecule has 0 spiro atoms. The molecule has 320 valence electrons. The molecular formula is C39H38Br2F2N10O8. The van der Waals surface area contributed by atoms with E-state index in [0.29, 0.717) is 71.6 Å². The van der Waals surface area contributed by atoms with E-state index < -0.39 is 28.7 Å². The fourth-order valence-electron chi connectivity index (χ4n) is 9.07. The molecule has 1 N–H and O–H groups in total. The minimum absolute atomic E-state index is 0.120. The zero-order valence-corrected chi connectivity index (χ0v) is 36.1. The lowest BCUT2D eigenvalue weighted by Crippen LogP contribution is -2.43. The quantitative estimate of drug-likeness (QED) is 0.178. The molecule has 4 aromatic heterocycles. The number of nitrogens with zero attached hydrogens (tertiary/aromatic N) is 9. The Labute approximate surface area is 361 Å². The largest absolute Gasteiger partial charge is 0.446 e. The minimum Gasteiger partial charge on any atom is -0.444 e. The van der Waals surface area contributed by atoms with Gasteiger partial charge in [-0.2, -0.15) is 0 Å². The minimum atomic E-state index is -0.740. The van der Waals surface area contributed by atoms with Crippen molar-refractivity contribution < 1.29 is 36.6 Å². The monoisotopic (exact) mass is 970 g/mol. The number of ether oxygens (including phenoxy) is 1. The number of carbonyl (C=O) groups is 1. The van der Waals surface area contributed by atoms with E-state index >= 15 is 0 Å². The lowest BCUT2D eigenvalue weighted by atomic mass is 9.89. The smallest absolute Gasteiger partial charge is 0.444 e. The Morgan fingerprint density at radius 2 is 1.31 bits per heavy atom. The first-order valence-corrected chi connectivity index (χ1v) is 21.2. The summed E-state index contributed by atoms with van der Waals surface area (Å²) in [7, 11) is 0. The second-order valence-corrected chi connectivity index (χ2v) is 18.5. The summed E-state index contributed by atoms with van der Waals surface area (Å²) in [5, 5.41) is 27.3. The third-order valence-corrected chi connectivity index (χ3v) is 13.0. The van der Waals surface area contributed by atoms with Crippen LogP contribution in [0.2, 0.25) is 0 Å². The number of likely N-dealkylation sites (tertiary alicyclic amines) is 1. The highest BCUT2D eigenvalue weighted by Gasteiger charge is 2.48. The van der Waals surface area contributed by atoms with E-state index in [9.17, 15) is 23.2 Å². The summed E-state index contributed by atoms with van der Waals surface area (Å²) in [5.74, 6) is -0.336. The summed E-state index contributed by atoms with van der Waals surface area (Å²) in [5.41, 5.74) is 2.09. The van der Waals surface area contributed by atoms with Crippen molar-refractivity contribution in [3.63, 3.8) is 0 Å². The van der Waals surface area contributed by atoms with Gasteiger partial charge in [0.2, 0.25) is 11.6 Å². The molecular weight excluding hydrogens is 934 g/mol. The summed E-state index contributed by atoms with van der Waals surface area (Å²) < 4.78 is 55.3. The van der Waals surface area contributed by atoms with Crippen molar-refractivity contribution in [2.75, 3.05) is 13.1 Å². The van der Waals surface area contributed by atoms with E-state index in [1.807, 2.05) is 25.7 Å². The van der Waals surface area contributed by atoms with E-state index in [0.717, 1.165) is 25.8 Å². The maximum atomic E-state index is 13.7. The standard InChI is InChI=1S/C22H23BrFN5O5.C17H15BrFN5O3/c1-22(2,3)32-20(30)28-10-12-7-14(28)6-11(12)8-17-18(26-34-25-17)19-27-33-21(31)29(19)13-4-5-16(24)15(23)9-13;18-12-6-11(1-2-13(12)19)24-16(23-26-17(24)25)15-14(21-27-22-15)5-8-3-10-4-9(8)7-20-10/h4-5,9,11-12,14H,6-8,10H2,1-3H3;1-2,6,8-10,20H,3-5,7H2. The Morgan fingerprint density at radius 3 is 1.75 bits per heavy atom. The normalized spacial score (nSPS) is 22.8. The van der Waals surface area contributed by atoms with Crippen LogP contribution in [0.5, 0.6) is 0 Å². The lowest BCUT2D eigenvalue weighted by molar-refractivity contribution is 0.0161. The molecule has 4 bridgehead atoms. The average Bonchev–Trinajstić information content (AvgIpc) is 4.07. The van der Waals surface area contributed by atoms with Gasteiger partial charge in [-0.3, -0.25) is 9.05 Å². The SMILES string of the molecule is CC(C)(C)OC(=O)N1CC2CC1CC2Cc1nonc1-c1noc(=O)n1-c1ccc(F)c(Br)c1.O=c1onc(-c2nonc2CC2CC3CC2CN3)n1-c1ccc(F)c(Br)c1. The molecule has 2 aliphatic heterocycles. The van der Waals surface area contributed by atoms with Crippen molar-refractivity contribution in [3.8, 4) is 34.4 Å². The first kappa shape index (κ1) is 41.0. The summed E-state index contributed by atoms with van der Waals surface area (Å²) in [4.78, 5) is 39.0. The number of aromatic nitrogens is 8. The Morgan fingerprint density at radius 1 is 0.770 bits per heavy atom. The molecule has 6 atom stereocenters. The van der Waals surface area contributed by atoms with Crippen LogP contribution in [0.4, 0.5) is 13.6 Å². The number of hydrogen-bond acceptors (Lipinski definition) is 15. The van der Waals surface area contributed by atoms with Crippen LogP contribution in [-0.4, -0.2) is 81.8 Å². The highest BCUT2D eigenvalue weighted by Crippen LogP contribution is 2.45. The van der Waals surface area contributed by atoms with E-state index in [2.05, 4.69) is 68.1 Å². The third-order valence-electron chi connectivity index (χ3n) is 11.8. The van der Waals surface area contributed by atoms with Gasteiger partial charge < -0.3 is 15.0 Å². The molecule has 6 heterocycles. The molecule has 1 amide bonds. The highest BCUT2D eigenvalue weighted by molar-refractivity contribution is 9.10. The van der Waals surface area contributed by atoms with Gasteiger partial charge in [-0.25, -0.2) is 41.6 Å². The molecule has 18 nitrogen and oxygen atoms in total. The number of benzene rings is 2. The van der Waals surface area contributed by atoms with Crippen LogP contribution in [0.15, 0.2) is 73.2 Å². The van der Waals surface area contributed by atoms with E-state index in [4.69, 9.17) is 23.0 Å². The molecule has 22 heteroatoms. The molecule has 0 radical (unpaired) electrons. The van der Waals surface area contributed by atoms with Gasteiger partial charge in [0.05, 0.1) is 20.3 Å². The fourth-order valence-corrected chi connectivity index (χ4v) is 9.80. The zero-order chi connectivity index (χ0) is 42.7. The van der Waals surface area contributed by atoms with Gasteiger partial charge in [0.15, 0.2) is 11.4 Å². The van der Waals surface area contributed by atoms with Crippen molar-refractivity contribution in [2.45, 2.75) is 77.0 Å². The summed E-state index contributed by atoms with van der Waals surface area (Å²) in [6.45, 7) is 7.22. The molecule has 4 fully saturated rings. The number of nitrogens with one attached hydrogen (secondary N) is 1. The number of halogens is 4. The van der Waals surface area contributed by atoms with Crippen LogP contribution in [0, 0.1) is 35.3 Å². The number of piperidine rings is 2. The van der Waals surface area contributed by atoms with Crippen LogP contribution in [0.1, 0.15) is 57.8 Å². The lowest BCUT2D eigenvalue weighted by Gasteiger charge is -2.33. The van der Waals surface area contributed by atoms with Crippen molar-refractivity contribution in [2.24, 2.45) is 23.7 Å². The molecule has 2 aliphatic carbocycles. The molecule has 10 rings (SSSR count). The van der Waals surface area contributed by atoms with Crippen molar-refractivity contribution >= 4 is 38.0 Å². The Hall–Kier alpha value is -5.35. The summed E-state index contributed by atoms with van der Waals surface area (Å²) >= 11 is 6.25. The third kappa shape index (κ3) is 8.11. The Balaban J connectivity index is 0.000000160. The van der Waals surface area contributed by atoms with Gasteiger partial charge in [-0.05, 0) is 168 Å². The van der Waals surface area contributed by atoms with Crippen LogP contribution < -0.4 is 16.8 Å². The van der Waals surface area contributed by atoms with Gasteiger partial charge in [0, 0.05) is 18.6 Å². The molecule has 4 aliphatic rings. The van der Waals surface area contributed by atoms with E-state index in [-0.39, 0.29) is 44.3 Å². The maximum absolute atomic E-state index is 13.7. The second-order valence-electron chi connectivity index (χ2n) is 16.8. The Bertz CT molecular complexity index is 2720. The molecule has 2 saturated heterocycles. The van der Waals surface area contributed by atoms with Crippen molar-refractivity contribution in [1.29, 1.82) is 0 Å². The zero-order valence-electron chi connectivity index (χ0n) is 32.9. The van der Waals surface area contributed by atoms with Gasteiger partial charge in [0.25, 0.3) is 0 Å². The number of amides is 1. The average molecular weight is 973 g/mol. The molecule has 6 aromatic rings. The molecule has 6 unspecified atom stereocenters. The number of hydrogen-bond donors (Lipinski definition) is 1. The summed E-state index contributed by atoms with van der Waals surface area (Å²) in [6, 6.07) is 9.02. The second kappa shape index (κ2) is 16.2. The first-order valence-electron chi connectivity index (χ1n) is 19.7. The van der Waals surface area contributed by atoms with Gasteiger partial charge in [-0.1, -0.05) is 20.6 Å². The van der Waals surface area contributed by atoms with E-state index in [1.54, 1.807) is 0 Å². The molecule has 2 aromatic carbocycles. The van der Waals surface area contributed by atoms with Crippen LogP contribution in [0.25, 0.3) is 34.4 Å². The maximum Gasteiger partial charge on any atom is 0.446 e. The van der Waals surface area contributed by atoms with Gasteiger partial charge in [0.1, 0.15) is 28.6 Å². The predicted octanol–water partition coefficient (Wildman–Crippen LogP) is 6.28. The predicted molar refractivity (Wildman–Crippen MR) is 214 cm³/mol.